The van der Waals surface area contributed by atoms with Crippen LogP contribution in [0.1, 0.15) is 1.43 Å². The predicted octanol–water partition coefficient (Wildman–Crippen LogP) is -2.02. The van der Waals surface area contributed by atoms with E-state index in [1.165, 1.54) is 42.9 Å². The summed E-state index contributed by atoms with van der Waals surface area (Å²) in [4.78, 5) is 7.72. The third kappa shape index (κ3) is 3.67. The molecule has 0 saturated carbocycles. The van der Waals surface area contributed by atoms with Gasteiger partial charge in [-0.2, -0.15) is 0 Å². The summed E-state index contributed by atoms with van der Waals surface area (Å²) in [5, 5.41) is 0. The number of nitrogen functional groups attached to an aromatic ring is 1. The topological polar surface area (TPSA) is 98.0 Å². The molecule has 0 fully saturated rings. The Morgan fingerprint density at radius 1 is 1.17 bits per heavy atom. The third-order valence-electron chi connectivity index (χ3n) is 1.99. The van der Waals surface area contributed by atoms with Gasteiger partial charge < -0.3 is 7.16 Å². The molecule has 0 spiro atoms. The van der Waals surface area contributed by atoms with E-state index in [1.54, 1.807) is 0 Å². The van der Waals surface area contributed by atoms with E-state index in [-0.39, 0.29) is 41.7 Å². The van der Waals surface area contributed by atoms with Gasteiger partial charge in [0, 0.05) is 18.1 Å². The molecule has 0 amide bonds. The van der Waals surface area contributed by atoms with Gasteiger partial charge in [0.05, 0.1) is 11.1 Å². The molecule has 8 heteroatoms. The molecule has 0 radical (unpaired) electrons. The van der Waals surface area contributed by atoms with E-state index < -0.39 is 10.0 Å². The van der Waals surface area contributed by atoms with Crippen molar-refractivity contribution in [1.29, 1.82) is 0 Å². The molecule has 1 heterocycles. The summed E-state index contributed by atoms with van der Waals surface area (Å²) in [6.07, 6.45) is 4.19. The minimum Gasteiger partial charge on any atom is -1.00 e. The second-order valence-electron chi connectivity index (χ2n) is 3.27. The Kier molecular flexibility index (Phi) is 5.09. The van der Waals surface area contributed by atoms with Crippen molar-refractivity contribution in [3.8, 4) is 0 Å². The van der Waals surface area contributed by atoms with Crippen LogP contribution in [0.4, 0.5) is 11.5 Å². The van der Waals surface area contributed by atoms with Crippen LogP contribution >= 0.6 is 0 Å². The van der Waals surface area contributed by atoms with Crippen LogP contribution in [0.2, 0.25) is 0 Å². The van der Waals surface area contributed by atoms with Crippen molar-refractivity contribution in [2.45, 2.75) is 4.90 Å². The van der Waals surface area contributed by atoms with Crippen molar-refractivity contribution in [1.82, 2.24) is 9.97 Å². The number of hydrogen-bond donors (Lipinski definition) is 2. The Bertz CT molecular complexity index is 607. The summed E-state index contributed by atoms with van der Waals surface area (Å²) in [5.41, 5.74) is 5.99. The van der Waals surface area contributed by atoms with Crippen molar-refractivity contribution in [2.75, 3.05) is 10.5 Å². The summed E-state index contributed by atoms with van der Waals surface area (Å²) in [6, 6.07) is 5.89. The summed E-state index contributed by atoms with van der Waals surface area (Å²) < 4.78 is 26.1. The van der Waals surface area contributed by atoms with E-state index in [1.807, 2.05) is 0 Å². The number of hydrogen-bond acceptors (Lipinski definition) is 5. The molecule has 0 atom stereocenters. The van der Waals surface area contributed by atoms with Gasteiger partial charge in [0.2, 0.25) is 0 Å². The molecule has 90 valence electrons. The Balaban J connectivity index is 0.00000162. The van der Waals surface area contributed by atoms with Crippen LogP contribution in [0.3, 0.4) is 0 Å². The van der Waals surface area contributed by atoms with Crippen LogP contribution in [0.15, 0.2) is 47.8 Å². The predicted molar refractivity (Wildman–Crippen MR) is 64.8 cm³/mol. The summed E-state index contributed by atoms with van der Waals surface area (Å²) in [5.74, 6) is 0.171. The van der Waals surface area contributed by atoms with Crippen LogP contribution in [0.25, 0.3) is 0 Å². The average molecular weight is 274 g/mol. The van der Waals surface area contributed by atoms with E-state index in [4.69, 9.17) is 5.73 Å². The molecule has 2 rings (SSSR count). The first-order valence-corrected chi connectivity index (χ1v) is 6.20. The number of nitrogens with two attached hydrogens (primary N) is 1. The molecule has 3 N–H and O–H groups in total. The third-order valence-corrected chi connectivity index (χ3v) is 3.36. The van der Waals surface area contributed by atoms with Gasteiger partial charge in [0.1, 0.15) is 0 Å². The summed E-state index contributed by atoms with van der Waals surface area (Å²) in [6.45, 7) is 0. The number of benzene rings is 1. The minimum absolute atomic E-state index is 0. The van der Waals surface area contributed by atoms with Gasteiger partial charge in [0.15, 0.2) is 5.82 Å². The Hall–Kier alpha value is -1.15. The maximum atomic E-state index is 11.9. The van der Waals surface area contributed by atoms with Crippen molar-refractivity contribution in [2.24, 2.45) is 0 Å². The van der Waals surface area contributed by atoms with Crippen molar-refractivity contribution in [3.63, 3.8) is 0 Å². The van der Waals surface area contributed by atoms with Crippen molar-refractivity contribution >= 4 is 21.5 Å². The van der Waals surface area contributed by atoms with Gasteiger partial charge in [-0.1, -0.05) is 0 Å². The molecular formula is C10H11N4NaO2S. The van der Waals surface area contributed by atoms with E-state index in [9.17, 15) is 8.42 Å². The van der Waals surface area contributed by atoms with E-state index in [0.717, 1.165) is 0 Å². The van der Waals surface area contributed by atoms with Crippen LogP contribution in [0.5, 0.6) is 0 Å². The molecule has 0 bridgehead atoms. The monoisotopic (exact) mass is 274 g/mol. The van der Waals surface area contributed by atoms with Crippen molar-refractivity contribution < 1.29 is 39.4 Å². The molecule has 0 unspecified atom stereocenters. The standard InChI is InChI=1S/C10H10N4O2S.Na.H/c11-8-1-3-9(4-2-8)17(15,16)14-10-7-12-5-6-13-10;;/h1-7H,11H2,(H,13,14);;/q;+1;-1. The van der Waals surface area contributed by atoms with Gasteiger partial charge in [-0.15, -0.1) is 0 Å². The maximum Gasteiger partial charge on any atom is 1.00 e. The zero-order chi connectivity index (χ0) is 12.3. The largest absolute Gasteiger partial charge is 1.00 e. The smallest absolute Gasteiger partial charge is 1.00 e. The molecule has 0 saturated heterocycles. The zero-order valence-electron chi connectivity index (χ0n) is 10.7. The number of sulfonamides is 1. The number of rotatable bonds is 3. The number of anilines is 2. The molecule has 2 aromatic rings. The molecular weight excluding hydrogens is 263 g/mol. The number of nitrogens with zero attached hydrogens (tertiary/aromatic N) is 2. The summed E-state index contributed by atoms with van der Waals surface area (Å²) in [7, 11) is -3.64. The SMILES string of the molecule is Nc1ccc(S(=O)(=O)Nc2cnccn2)cc1.[H-].[Na+]. The fraction of sp³-hybridized carbons (Fsp3) is 0. The second-order valence-corrected chi connectivity index (χ2v) is 4.95. The zero-order valence-corrected chi connectivity index (χ0v) is 12.6. The first-order valence-electron chi connectivity index (χ1n) is 4.72. The van der Waals surface area contributed by atoms with Gasteiger partial charge in [-0.05, 0) is 24.3 Å². The van der Waals surface area contributed by atoms with Crippen molar-refractivity contribution in [3.05, 3.63) is 42.9 Å². The fourth-order valence-electron chi connectivity index (χ4n) is 1.20. The molecule has 6 nitrogen and oxygen atoms in total. The van der Waals surface area contributed by atoms with Crippen LogP contribution in [-0.2, 0) is 10.0 Å². The van der Waals surface area contributed by atoms with E-state index >= 15 is 0 Å². The molecule has 0 aliphatic rings. The molecule has 1 aromatic heterocycles. The second kappa shape index (κ2) is 6.14. The normalized spacial score (nSPS) is 10.4. The summed E-state index contributed by atoms with van der Waals surface area (Å²) >= 11 is 0. The fourth-order valence-corrected chi connectivity index (χ4v) is 2.19. The van der Waals surface area contributed by atoms with Crippen LogP contribution in [-0.4, -0.2) is 18.4 Å². The van der Waals surface area contributed by atoms with Gasteiger partial charge in [-0.3, -0.25) is 9.71 Å². The van der Waals surface area contributed by atoms with Gasteiger partial charge >= 0.3 is 29.6 Å². The molecule has 18 heavy (non-hydrogen) atoms. The van der Waals surface area contributed by atoms with Crippen LogP contribution in [0, 0.1) is 0 Å². The average Bonchev–Trinajstić information content (AvgIpc) is 2.30. The maximum absolute atomic E-state index is 11.9. The molecule has 1 aromatic carbocycles. The van der Waals surface area contributed by atoms with Gasteiger partial charge in [-0.25, -0.2) is 13.4 Å². The molecule has 0 aliphatic carbocycles. The number of aromatic nitrogens is 2. The van der Waals surface area contributed by atoms with Gasteiger partial charge in [0.25, 0.3) is 10.0 Å². The Morgan fingerprint density at radius 2 is 1.83 bits per heavy atom. The van der Waals surface area contributed by atoms with E-state index in [2.05, 4.69) is 14.7 Å². The van der Waals surface area contributed by atoms with E-state index in [0.29, 0.717) is 5.69 Å². The Labute approximate surface area is 128 Å². The minimum atomic E-state index is -3.64. The molecule has 0 aliphatic heterocycles. The van der Waals surface area contributed by atoms with Crippen LogP contribution < -0.4 is 40.0 Å². The first-order chi connectivity index (χ1) is 8.08. The first kappa shape index (κ1) is 14.9. The quantitative estimate of drug-likeness (QED) is 0.497. The Morgan fingerprint density at radius 3 is 2.39 bits per heavy atom. The number of nitrogens with one attached hydrogen (secondary N) is 1.